The number of ether oxygens (including phenoxy) is 2. The number of esters is 1. The van der Waals surface area contributed by atoms with Crippen molar-refractivity contribution in [2.24, 2.45) is 0 Å². The quantitative estimate of drug-likeness (QED) is 0.375. The van der Waals surface area contributed by atoms with Crippen molar-refractivity contribution in [3.8, 4) is 5.75 Å². The van der Waals surface area contributed by atoms with E-state index in [2.05, 4.69) is 58.3 Å². The number of para-hydroxylation sites is 1. The van der Waals surface area contributed by atoms with Gasteiger partial charge in [0.2, 0.25) is 0 Å². The zero-order chi connectivity index (χ0) is 23.6. The van der Waals surface area contributed by atoms with Crippen molar-refractivity contribution in [3.63, 3.8) is 0 Å². The van der Waals surface area contributed by atoms with E-state index in [-0.39, 0.29) is 12.5 Å². The van der Waals surface area contributed by atoms with Crippen molar-refractivity contribution >= 4 is 11.7 Å². The van der Waals surface area contributed by atoms with Crippen molar-refractivity contribution in [1.82, 2.24) is 4.90 Å². The fraction of sp³-hybridized carbons (Fsp3) is 0.345. The Balaban J connectivity index is 1.36. The molecule has 0 saturated carbocycles. The van der Waals surface area contributed by atoms with Crippen LogP contribution < -0.4 is 9.64 Å². The molecule has 5 heteroatoms. The van der Waals surface area contributed by atoms with Crippen LogP contribution in [0.4, 0.5) is 5.69 Å². The van der Waals surface area contributed by atoms with E-state index in [0.29, 0.717) is 26.3 Å². The third-order valence-electron chi connectivity index (χ3n) is 6.05. The first-order chi connectivity index (χ1) is 16.7. The number of fused-ring (bicyclic) bond motifs is 1. The molecule has 0 bridgehead atoms. The highest BCUT2D eigenvalue weighted by atomic mass is 16.5. The Hall–Kier alpha value is -3.31. The van der Waals surface area contributed by atoms with Crippen LogP contribution in [0.3, 0.4) is 0 Å². The van der Waals surface area contributed by atoms with Crippen LogP contribution in [-0.2, 0) is 29.0 Å². The van der Waals surface area contributed by atoms with Gasteiger partial charge in [-0.15, -0.1) is 0 Å². The Bertz CT molecular complexity index is 1050. The highest BCUT2D eigenvalue weighted by Crippen LogP contribution is 2.26. The average Bonchev–Trinajstić information content (AvgIpc) is 2.85. The van der Waals surface area contributed by atoms with E-state index < -0.39 is 0 Å². The zero-order valence-electron chi connectivity index (χ0n) is 20.0. The summed E-state index contributed by atoms with van der Waals surface area (Å²) in [5, 5.41) is 0. The first kappa shape index (κ1) is 23.8. The predicted octanol–water partition coefficient (Wildman–Crippen LogP) is 5.08. The van der Waals surface area contributed by atoms with Gasteiger partial charge in [-0.1, -0.05) is 60.7 Å². The molecule has 4 rings (SSSR count). The maximum atomic E-state index is 12.2. The van der Waals surface area contributed by atoms with Gasteiger partial charge in [-0.05, 0) is 54.7 Å². The molecule has 0 aliphatic carbocycles. The topological polar surface area (TPSA) is 42.0 Å². The van der Waals surface area contributed by atoms with Gasteiger partial charge in [0.15, 0.2) is 0 Å². The second kappa shape index (κ2) is 12.2. The number of rotatable bonds is 11. The molecule has 5 nitrogen and oxygen atoms in total. The van der Waals surface area contributed by atoms with Crippen molar-refractivity contribution in [1.29, 1.82) is 0 Å². The number of benzene rings is 3. The number of carbonyl (C=O) groups is 1. The van der Waals surface area contributed by atoms with Crippen LogP contribution >= 0.6 is 0 Å². The van der Waals surface area contributed by atoms with Gasteiger partial charge in [0, 0.05) is 25.3 Å². The van der Waals surface area contributed by atoms with Gasteiger partial charge < -0.3 is 14.4 Å². The fourth-order valence-corrected chi connectivity index (χ4v) is 4.51. The van der Waals surface area contributed by atoms with Crippen LogP contribution in [0, 0.1) is 0 Å². The first-order valence-electron chi connectivity index (χ1n) is 12.2. The van der Waals surface area contributed by atoms with Crippen LogP contribution in [0.1, 0.15) is 30.0 Å². The average molecular weight is 459 g/mol. The van der Waals surface area contributed by atoms with E-state index in [9.17, 15) is 4.79 Å². The van der Waals surface area contributed by atoms with Gasteiger partial charge >= 0.3 is 5.97 Å². The Morgan fingerprint density at radius 1 is 0.941 bits per heavy atom. The van der Waals surface area contributed by atoms with Gasteiger partial charge in [-0.3, -0.25) is 9.69 Å². The summed E-state index contributed by atoms with van der Waals surface area (Å²) in [6, 6.07) is 27.0. The molecule has 0 unspecified atom stereocenters. The Morgan fingerprint density at radius 3 is 2.56 bits per heavy atom. The van der Waals surface area contributed by atoms with Gasteiger partial charge in [-0.2, -0.15) is 0 Å². The highest BCUT2D eigenvalue weighted by molar-refractivity contribution is 5.71. The van der Waals surface area contributed by atoms with Gasteiger partial charge in [0.1, 0.15) is 12.4 Å². The normalized spacial score (nSPS) is 12.9. The highest BCUT2D eigenvalue weighted by Gasteiger charge is 2.16. The maximum Gasteiger partial charge on any atom is 0.320 e. The van der Waals surface area contributed by atoms with E-state index >= 15 is 0 Å². The van der Waals surface area contributed by atoms with Crippen molar-refractivity contribution in [2.45, 2.75) is 32.9 Å². The lowest BCUT2D eigenvalue weighted by Crippen LogP contribution is -2.33. The monoisotopic (exact) mass is 458 g/mol. The maximum absolute atomic E-state index is 12.2. The van der Waals surface area contributed by atoms with E-state index in [1.165, 1.54) is 23.2 Å². The number of carbonyl (C=O) groups excluding carboxylic acids is 1. The van der Waals surface area contributed by atoms with Gasteiger partial charge in [0.25, 0.3) is 0 Å². The van der Waals surface area contributed by atoms with E-state index in [1.807, 2.05) is 37.3 Å². The van der Waals surface area contributed by atoms with Crippen molar-refractivity contribution in [2.75, 3.05) is 37.7 Å². The molecule has 0 atom stereocenters. The third kappa shape index (κ3) is 6.84. The first-order valence-corrected chi connectivity index (χ1v) is 12.2. The standard InChI is InChI=1S/C29H34N2O3/c1-2-33-29(32)23-30(21-24-10-4-3-5-11-24)22-25-12-8-15-27(20-25)34-19-18-31-17-9-14-26-13-6-7-16-28(26)31/h3-8,10-13,15-16,20H,2,9,14,17-19,21-23H2,1H3. The number of aryl methyl sites for hydroxylation is 1. The molecule has 178 valence electrons. The lowest BCUT2D eigenvalue weighted by Gasteiger charge is -2.31. The fourth-order valence-electron chi connectivity index (χ4n) is 4.51. The minimum Gasteiger partial charge on any atom is -0.492 e. The number of nitrogens with zero attached hydrogens (tertiary/aromatic N) is 2. The lowest BCUT2D eigenvalue weighted by atomic mass is 10.0. The summed E-state index contributed by atoms with van der Waals surface area (Å²) >= 11 is 0. The molecule has 0 radical (unpaired) electrons. The summed E-state index contributed by atoms with van der Waals surface area (Å²) in [4.78, 5) is 16.7. The molecule has 3 aromatic carbocycles. The largest absolute Gasteiger partial charge is 0.492 e. The summed E-state index contributed by atoms with van der Waals surface area (Å²) in [5.41, 5.74) is 5.04. The molecule has 0 N–H and O–H groups in total. The lowest BCUT2D eigenvalue weighted by molar-refractivity contribution is -0.144. The van der Waals surface area contributed by atoms with Crippen LogP contribution in [0.15, 0.2) is 78.9 Å². The molecule has 1 heterocycles. The molecule has 0 aromatic heterocycles. The van der Waals surface area contributed by atoms with Crippen LogP contribution in [0.5, 0.6) is 5.75 Å². The number of anilines is 1. The van der Waals surface area contributed by atoms with Crippen molar-refractivity contribution < 1.29 is 14.3 Å². The van der Waals surface area contributed by atoms with Gasteiger partial charge in [-0.25, -0.2) is 0 Å². The van der Waals surface area contributed by atoms with E-state index in [1.54, 1.807) is 0 Å². The Morgan fingerprint density at radius 2 is 1.71 bits per heavy atom. The van der Waals surface area contributed by atoms with Crippen molar-refractivity contribution in [3.05, 3.63) is 95.6 Å². The summed E-state index contributed by atoms with van der Waals surface area (Å²) in [5.74, 6) is 0.659. The van der Waals surface area contributed by atoms with Crippen LogP contribution in [-0.4, -0.2) is 43.7 Å². The Kier molecular flexibility index (Phi) is 8.58. The molecular weight excluding hydrogens is 424 g/mol. The van der Waals surface area contributed by atoms with Crippen LogP contribution in [0.25, 0.3) is 0 Å². The molecule has 0 amide bonds. The smallest absolute Gasteiger partial charge is 0.320 e. The molecule has 0 saturated heterocycles. The zero-order valence-corrected chi connectivity index (χ0v) is 20.0. The second-order valence-electron chi connectivity index (χ2n) is 8.65. The summed E-state index contributed by atoms with van der Waals surface area (Å²) in [6.45, 7) is 6.37. The van der Waals surface area contributed by atoms with E-state index in [4.69, 9.17) is 9.47 Å². The molecule has 34 heavy (non-hydrogen) atoms. The molecule has 0 spiro atoms. The molecule has 1 aliphatic rings. The third-order valence-corrected chi connectivity index (χ3v) is 6.05. The van der Waals surface area contributed by atoms with Crippen LogP contribution in [0.2, 0.25) is 0 Å². The molecular formula is C29H34N2O3. The number of hydrogen-bond acceptors (Lipinski definition) is 5. The minimum atomic E-state index is -0.201. The second-order valence-corrected chi connectivity index (χ2v) is 8.65. The molecule has 1 aliphatic heterocycles. The van der Waals surface area contributed by atoms with Gasteiger partial charge in [0.05, 0.1) is 19.7 Å². The predicted molar refractivity (Wildman–Crippen MR) is 136 cm³/mol. The SMILES string of the molecule is CCOC(=O)CN(Cc1ccccc1)Cc1cccc(OCCN2CCCc3ccccc32)c1. The summed E-state index contributed by atoms with van der Waals surface area (Å²) in [7, 11) is 0. The Labute approximate surface area is 202 Å². The molecule has 3 aromatic rings. The summed E-state index contributed by atoms with van der Waals surface area (Å²) < 4.78 is 11.3. The number of hydrogen-bond donors (Lipinski definition) is 0. The minimum absolute atomic E-state index is 0.201. The van der Waals surface area contributed by atoms with E-state index in [0.717, 1.165) is 30.8 Å². The summed E-state index contributed by atoms with van der Waals surface area (Å²) in [6.07, 6.45) is 2.34. The molecule has 0 fully saturated rings.